The summed E-state index contributed by atoms with van der Waals surface area (Å²) in [6.45, 7) is 2.43. The number of carbonyl (C=O) groups is 1. The van der Waals surface area contributed by atoms with Gasteiger partial charge in [0.2, 0.25) is 5.91 Å². The minimum Gasteiger partial charge on any atom is -0.394 e. The largest absolute Gasteiger partial charge is 0.394 e. The van der Waals surface area contributed by atoms with Gasteiger partial charge in [-0.1, -0.05) is 0 Å². The number of nitrogens with zero attached hydrogens (tertiary/aromatic N) is 1. The van der Waals surface area contributed by atoms with Crippen molar-refractivity contribution in [3.05, 3.63) is 0 Å². The van der Waals surface area contributed by atoms with E-state index in [1.165, 1.54) is 6.42 Å². The van der Waals surface area contributed by atoms with E-state index in [1.807, 2.05) is 4.90 Å². The molecule has 0 radical (unpaired) electrons. The number of piperidine rings is 1. The van der Waals surface area contributed by atoms with Crippen molar-refractivity contribution in [2.45, 2.75) is 31.8 Å². The van der Waals surface area contributed by atoms with Crippen molar-refractivity contribution in [3.8, 4) is 0 Å². The van der Waals surface area contributed by atoms with E-state index in [2.05, 4.69) is 5.32 Å². The Morgan fingerprint density at radius 1 is 1.31 bits per heavy atom. The smallest absolute Gasteiger partial charge is 0.223 e. The number of aliphatic hydroxyl groups excluding tert-OH is 2. The van der Waals surface area contributed by atoms with E-state index in [4.69, 9.17) is 10.2 Å². The number of rotatable bonds is 6. The van der Waals surface area contributed by atoms with Gasteiger partial charge in [0.15, 0.2) is 0 Å². The van der Waals surface area contributed by atoms with Gasteiger partial charge in [-0.2, -0.15) is 0 Å². The number of nitrogens with one attached hydrogen (secondary N) is 1. The second-order valence-electron chi connectivity index (χ2n) is 4.23. The van der Waals surface area contributed by atoms with Crippen molar-refractivity contribution in [1.82, 2.24) is 10.2 Å². The number of likely N-dealkylation sites (tertiary alicyclic amines) is 1. The summed E-state index contributed by atoms with van der Waals surface area (Å²) in [5, 5.41) is 20.6. The van der Waals surface area contributed by atoms with Crippen molar-refractivity contribution in [2.75, 3.05) is 32.8 Å². The first-order valence-corrected chi connectivity index (χ1v) is 6.01. The maximum absolute atomic E-state index is 11.7. The molecule has 0 unspecified atom stereocenters. The highest BCUT2D eigenvalue weighted by Gasteiger charge is 2.15. The molecule has 1 fully saturated rings. The molecular formula is C11H22N2O3. The lowest BCUT2D eigenvalue weighted by atomic mass is 10.1. The quantitative estimate of drug-likeness (QED) is 0.529. The topological polar surface area (TPSA) is 72.8 Å². The molecule has 0 aromatic rings. The normalized spacial score (nSPS) is 18.5. The molecule has 0 bridgehead atoms. The molecule has 0 saturated carbocycles. The van der Waals surface area contributed by atoms with E-state index in [-0.39, 0.29) is 12.5 Å². The van der Waals surface area contributed by atoms with Gasteiger partial charge in [0, 0.05) is 32.6 Å². The highest BCUT2D eigenvalue weighted by molar-refractivity contribution is 5.76. The fourth-order valence-electron chi connectivity index (χ4n) is 1.83. The molecule has 0 spiro atoms. The lowest BCUT2D eigenvalue weighted by Crippen LogP contribution is -2.38. The van der Waals surface area contributed by atoms with Crippen molar-refractivity contribution in [2.24, 2.45) is 0 Å². The predicted octanol–water partition coefficient (Wildman–Crippen LogP) is -0.668. The second kappa shape index (κ2) is 7.60. The number of hydrogen-bond acceptors (Lipinski definition) is 4. The number of aliphatic hydroxyl groups is 2. The van der Waals surface area contributed by atoms with Crippen LogP contribution in [0.4, 0.5) is 0 Å². The summed E-state index contributed by atoms with van der Waals surface area (Å²) >= 11 is 0. The SMILES string of the molecule is O=C(CCNC[C@H](O)CO)N1CCCCC1. The van der Waals surface area contributed by atoms with E-state index in [0.717, 1.165) is 25.9 Å². The maximum Gasteiger partial charge on any atom is 0.223 e. The average Bonchev–Trinajstić information content (AvgIpc) is 2.35. The van der Waals surface area contributed by atoms with Gasteiger partial charge < -0.3 is 20.4 Å². The second-order valence-corrected chi connectivity index (χ2v) is 4.23. The van der Waals surface area contributed by atoms with Gasteiger partial charge in [-0.15, -0.1) is 0 Å². The molecule has 1 atom stereocenters. The minimum absolute atomic E-state index is 0.186. The zero-order valence-electron chi connectivity index (χ0n) is 9.69. The molecule has 1 saturated heterocycles. The summed E-state index contributed by atoms with van der Waals surface area (Å²) < 4.78 is 0. The first kappa shape index (κ1) is 13.4. The highest BCUT2D eigenvalue weighted by atomic mass is 16.3. The Hall–Kier alpha value is -0.650. The Balaban J connectivity index is 2.05. The zero-order valence-corrected chi connectivity index (χ0v) is 9.69. The first-order chi connectivity index (χ1) is 7.74. The summed E-state index contributed by atoms with van der Waals surface area (Å²) in [6.07, 6.45) is 3.19. The predicted molar refractivity (Wildman–Crippen MR) is 61.0 cm³/mol. The highest BCUT2D eigenvalue weighted by Crippen LogP contribution is 2.09. The lowest BCUT2D eigenvalue weighted by Gasteiger charge is -2.26. The molecule has 0 aliphatic carbocycles. The summed E-state index contributed by atoms with van der Waals surface area (Å²) in [4.78, 5) is 13.6. The van der Waals surface area contributed by atoms with Crippen LogP contribution in [0.2, 0.25) is 0 Å². The molecule has 3 N–H and O–H groups in total. The van der Waals surface area contributed by atoms with Crippen LogP contribution in [0.1, 0.15) is 25.7 Å². The third-order valence-electron chi connectivity index (χ3n) is 2.82. The van der Waals surface area contributed by atoms with E-state index < -0.39 is 6.10 Å². The van der Waals surface area contributed by atoms with Crippen LogP contribution in [-0.4, -0.2) is 59.9 Å². The average molecular weight is 230 g/mol. The van der Waals surface area contributed by atoms with Crippen LogP contribution in [0.3, 0.4) is 0 Å². The van der Waals surface area contributed by atoms with Crippen LogP contribution >= 0.6 is 0 Å². The Bertz CT molecular complexity index is 205. The Morgan fingerprint density at radius 3 is 2.62 bits per heavy atom. The van der Waals surface area contributed by atoms with Crippen LogP contribution in [0.15, 0.2) is 0 Å². The minimum atomic E-state index is -0.731. The van der Waals surface area contributed by atoms with Gasteiger partial charge in [0.05, 0.1) is 12.7 Å². The summed E-state index contributed by atoms with van der Waals surface area (Å²) in [7, 11) is 0. The van der Waals surface area contributed by atoms with Gasteiger partial charge in [-0.3, -0.25) is 4.79 Å². The Kier molecular flexibility index (Phi) is 6.37. The van der Waals surface area contributed by atoms with Crippen LogP contribution < -0.4 is 5.32 Å². The maximum atomic E-state index is 11.7. The van der Waals surface area contributed by atoms with E-state index in [1.54, 1.807) is 0 Å². The third-order valence-corrected chi connectivity index (χ3v) is 2.82. The van der Waals surface area contributed by atoms with Gasteiger partial charge in [-0.05, 0) is 19.3 Å². The van der Waals surface area contributed by atoms with Crippen LogP contribution in [0.5, 0.6) is 0 Å². The molecule has 0 aromatic heterocycles. The Morgan fingerprint density at radius 2 is 2.00 bits per heavy atom. The molecule has 1 heterocycles. The zero-order chi connectivity index (χ0) is 11.8. The van der Waals surface area contributed by atoms with E-state index >= 15 is 0 Å². The molecule has 16 heavy (non-hydrogen) atoms. The van der Waals surface area contributed by atoms with Gasteiger partial charge in [-0.25, -0.2) is 0 Å². The molecule has 1 aliphatic rings. The number of hydrogen-bond donors (Lipinski definition) is 3. The summed E-state index contributed by atoms with van der Waals surface area (Å²) in [6, 6.07) is 0. The monoisotopic (exact) mass is 230 g/mol. The molecule has 0 aromatic carbocycles. The molecular weight excluding hydrogens is 208 g/mol. The number of carbonyl (C=O) groups excluding carboxylic acids is 1. The van der Waals surface area contributed by atoms with Gasteiger partial charge >= 0.3 is 0 Å². The third kappa shape index (κ3) is 4.92. The van der Waals surface area contributed by atoms with Crippen molar-refractivity contribution in [1.29, 1.82) is 0 Å². The fourth-order valence-corrected chi connectivity index (χ4v) is 1.83. The number of amides is 1. The molecule has 5 heteroatoms. The molecule has 5 nitrogen and oxygen atoms in total. The standard InChI is InChI=1S/C11H22N2O3/c14-9-10(15)8-12-5-4-11(16)13-6-2-1-3-7-13/h10,12,14-15H,1-9H2/t10-/m0/s1. The first-order valence-electron chi connectivity index (χ1n) is 6.01. The molecule has 94 valence electrons. The van der Waals surface area contributed by atoms with Gasteiger partial charge in [0.25, 0.3) is 0 Å². The fraction of sp³-hybridized carbons (Fsp3) is 0.909. The van der Waals surface area contributed by atoms with Crippen LogP contribution in [0.25, 0.3) is 0 Å². The van der Waals surface area contributed by atoms with Crippen molar-refractivity contribution >= 4 is 5.91 Å². The molecule has 1 amide bonds. The molecule has 1 aliphatic heterocycles. The van der Waals surface area contributed by atoms with Crippen LogP contribution in [0, 0.1) is 0 Å². The Labute approximate surface area is 96.4 Å². The van der Waals surface area contributed by atoms with Gasteiger partial charge in [0.1, 0.15) is 0 Å². The lowest BCUT2D eigenvalue weighted by molar-refractivity contribution is -0.132. The van der Waals surface area contributed by atoms with E-state index in [0.29, 0.717) is 19.5 Å². The van der Waals surface area contributed by atoms with E-state index in [9.17, 15) is 4.79 Å². The van der Waals surface area contributed by atoms with Crippen molar-refractivity contribution < 1.29 is 15.0 Å². The molecule has 1 rings (SSSR count). The van der Waals surface area contributed by atoms with Crippen LogP contribution in [-0.2, 0) is 4.79 Å². The summed E-state index contributed by atoms with van der Waals surface area (Å²) in [5.74, 6) is 0.186. The van der Waals surface area contributed by atoms with Crippen molar-refractivity contribution in [3.63, 3.8) is 0 Å². The summed E-state index contributed by atoms with van der Waals surface area (Å²) in [5.41, 5.74) is 0.